The summed E-state index contributed by atoms with van der Waals surface area (Å²) in [6, 6.07) is 16.7. The van der Waals surface area contributed by atoms with Gasteiger partial charge in [-0.1, -0.05) is 58.4 Å². The van der Waals surface area contributed by atoms with E-state index in [1.165, 1.54) is 4.90 Å². The van der Waals surface area contributed by atoms with Gasteiger partial charge in [0.05, 0.1) is 19.8 Å². The van der Waals surface area contributed by atoms with E-state index < -0.39 is 24.3 Å². The minimum atomic E-state index is -1.11. The highest BCUT2D eigenvalue weighted by atomic mass is 79.9. The summed E-state index contributed by atoms with van der Waals surface area (Å²) in [6.07, 6.45) is -0.500. The molecular formula is C21H22BrNO6. The van der Waals surface area contributed by atoms with Crippen molar-refractivity contribution >= 4 is 28.0 Å². The number of amides is 1. The molecule has 0 aromatic heterocycles. The van der Waals surface area contributed by atoms with Crippen LogP contribution in [0.1, 0.15) is 11.1 Å². The Morgan fingerprint density at radius 1 is 1.14 bits per heavy atom. The van der Waals surface area contributed by atoms with Crippen LogP contribution in [-0.2, 0) is 31.2 Å². The molecule has 1 fully saturated rings. The third-order valence-electron chi connectivity index (χ3n) is 4.59. The van der Waals surface area contributed by atoms with Gasteiger partial charge < -0.3 is 24.2 Å². The van der Waals surface area contributed by atoms with Crippen molar-refractivity contribution in [3.05, 3.63) is 70.2 Å². The Morgan fingerprint density at radius 2 is 1.86 bits per heavy atom. The van der Waals surface area contributed by atoms with Gasteiger partial charge >= 0.3 is 12.1 Å². The van der Waals surface area contributed by atoms with E-state index in [-0.39, 0.29) is 19.8 Å². The number of ether oxygens (including phenoxy) is 3. The summed E-state index contributed by atoms with van der Waals surface area (Å²) in [5.41, 5.74) is 0.499. The van der Waals surface area contributed by atoms with Crippen LogP contribution in [0.25, 0.3) is 0 Å². The molecule has 1 saturated heterocycles. The van der Waals surface area contributed by atoms with Crippen LogP contribution in [0.4, 0.5) is 4.79 Å². The van der Waals surface area contributed by atoms with Crippen LogP contribution < -0.4 is 0 Å². The first kappa shape index (κ1) is 21.3. The van der Waals surface area contributed by atoms with Crippen LogP contribution >= 0.6 is 15.9 Å². The van der Waals surface area contributed by atoms with Gasteiger partial charge in [0.1, 0.15) is 18.8 Å². The largest absolute Gasteiger partial charge is 0.480 e. The first-order valence-electron chi connectivity index (χ1n) is 9.14. The lowest BCUT2D eigenvalue weighted by atomic mass is 9.93. The molecule has 2 aromatic rings. The highest BCUT2D eigenvalue weighted by molar-refractivity contribution is 9.10. The standard InChI is InChI=1S/C21H22BrNO6/c22-18-8-6-17(7-9-18)21(29-13-19(24)25)14-23(10-11-27-15-21)20(26)28-12-16-4-2-1-3-5-16/h1-9H,10-15H2,(H,24,25). The highest BCUT2D eigenvalue weighted by Gasteiger charge is 2.40. The minimum absolute atomic E-state index is 0.121. The second-order valence-electron chi connectivity index (χ2n) is 6.70. The van der Waals surface area contributed by atoms with Gasteiger partial charge in [-0.2, -0.15) is 0 Å². The van der Waals surface area contributed by atoms with Crippen LogP contribution in [0.15, 0.2) is 59.1 Å². The normalized spacial score (nSPS) is 19.4. The number of hydrogen-bond acceptors (Lipinski definition) is 5. The van der Waals surface area contributed by atoms with E-state index in [9.17, 15) is 9.59 Å². The van der Waals surface area contributed by atoms with Gasteiger partial charge in [-0.3, -0.25) is 0 Å². The Labute approximate surface area is 177 Å². The smallest absolute Gasteiger partial charge is 0.410 e. The van der Waals surface area contributed by atoms with E-state index in [0.29, 0.717) is 13.2 Å². The summed E-state index contributed by atoms with van der Waals surface area (Å²) in [6.45, 7) is 0.516. The number of carbonyl (C=O) groups is 2. The molecule has 1 aliphatic rings. The molecule has 0 aliphatic carbocycles. The Morgan fingerprint density at radius 3 is 2.55 bits per heavy atom. The molecule has 1 atom stereocenters. The van der Waals surface area contributed by atoms with Crippen molar-refractivity contribution in [2.75, 3.05) is 32.9 Å². The number of aliphatic carboxylic acids is 1. The molecule has 1 amide bonds. The van der Waals surface area contributed by atoms with Gasteiger partial charge in [-0.15, -0.1) is 0 Å². The van der Waals surface area contributed by atoms with Crippen molar-refractivity contribution < 1.29 is 28.9 Å². The van der Waals surface area contributed by atoms with Gasteiger partial charge in [-0.05, 0) is 23.3 Å². The van der Waals surface area contributed by atoms with E-state index in [1.807, 2.05) is 54.6 Å². The first-order valence-corrected chi connectivity index (χ1v) is 9.93. The van der Waals surface area contributed by atoms with Crippen LogP contribution in [0, 0.1) is 0 Å². The van der Waals surface area contributed by atoms with Crippen LogP contribution in [0.2, 0.25) is 0 Å². The zero-order chi connectivity index (χ0) is 20.7. The zero-order valence-electron chi connectivity index (χ0n) is 15.8. The fourth-order valence-electron chi connectivity index (χ4n) is 3.11. The van der Waals surface area contributed by atoms with Crippen molar-refractivity contribution in [2.45, 2.75) is 12.2 Å². The fourth-order valence-corrected chi connectivity index (χ4v) is 3.37. The first-order chi connectivity index (χ1) is 14.0. The topological polar surface area (TPSA) is 85.3 Å². The molecule has 0 saturated carbocycles. The second-order valence-corrected chi connectivity index (χ2v) is 7.61. The van der Waals surface area contributed by atoms with Gasteiger partial charge in [0, 0.05) is 11.0 Å². The monoisotopic (exact) mass is 463 g/mol. The number of halogens is 1. The van der Waals surface area contributed by atoms with Gasteiger partial charge in [0.2, 0.25) is 0 Å². The number of nitrogens with zero attached hydrogens (tertiary/aromatic N) is 1. The lowest BCUT2D eigenvalue weighted by Crippen LogP contribution is -2.47. The molecule has 3 rings (SSSR count). The summed E-state index contributed by atoms with van der Waals surface area (Å²) in [5, 5.41) is 9.13. The summed E-state index contributed by atoms with van der Waals surface area (Å²) < 4.78 is 17.8. The molecule has 1 N–H and O–H groups in total. The average molecular weight is 464 g/mol. The summed E-state index contributed by atoms with van der Waals surface area (Å²) in [7, 11) is 0. The quantitative estimate of drug-likeness (QED) is 0.706. The van der Waals surface area contributed by atoms with Crippen molar-refractivity contribution in [2.24, 2.45) is 0 Å². The van der Waals surface area contributed by atoms with Crippen molar-refractivity contribution in [1.29, 1.82) is 0 Å². The maximum Gasteiger partial charge on any atom is 0.410 e. The predicted molar refractivity (Wildman–Crippen MR) is 108 cm³/mol. The van der Waals surface area contributed by atoms with E-state index >= 15 is 0 Å². The van der Waals surface area contributed by atoms with E-state index in [4.69, 9.17) is 19.3 Å². The molecule has 0 spiro atoms. The highest BCUT2D eigenvalue weighted by Crippen LogP contribution is 2.31. The van der Waals surface area contributed by atoms with E-state index in [0.717, 1.165) is 15.6 Å². The molecular weight excluding hydrogens is 442 g/mol. The van der Waals surface area contributed by atoms with Gasteiger partial charge in [0.25, 0.3) is 0 Å². The molecule has 29 heavy (non-hydrogen) atoms. The Balaban J connectivity index is 1.79. The summed E-state index contributed by atoms with van der Waals surface area (Å²) >= 11 is 3.39. The van der Waals surface area contributed by atoms with Gasteiger partial charge in [0.15, 0.2) is 0 Å². The number of carbonyl (C=O) groups excluding carboxylic acids is 1. The molecule has 154 valence electrons. The predicted octanol–water partition coefficient (Wildman–Crippen LogP) is 3.41. The Bertz CT molecular complexity index is 829. The van der Waals surface area contributed by atoms with Gasteiger partial charge in [-0.25, -0.2) is 9.59 Å². The Hall–Kier alpha value is -2.42. The summed E-state index contributed by atoms with van der Waals surface area (Å²) in [5.74, 6) is -1.09. The van der Waals surface area contributed by atoms with Crippen molar-refractivity contribution in [3.8, 4) is 0 Å². The third-order valence-corrected chi connectivity index (χ3v) is 5.12. The number of benzene rings is 2. The molecule has 2 aromatic carbocycles. The third kappa shape index (κ3) is 5.79. The van der Waals surface area contributed by atoms with Crippen LogP contribution in [-0.4, -0.2) is 55.0 Å². The van der Waals surface area contributed by atoms with Crippen molar-refractivity contribution in [1.82, 2.24) is 4.90 Å². The Kier molecular flexibility index (Phi) is 7.24. The molecule has 7 nitrogen and oxygen atoms in total. The van der Waals surface area contributed by atoms with E-state index in [1.54, 1.807) is 0 Å². The number of carboxylic acid groups (broad SMARTS) is 1. The number of rotatable bonds is 6. The lowest BCUT2D eigenvalue weighted by molar-refractivity contribution is -0.155. The average Bonchev–Trinajstić information content (AvgIpc) is 2.95. The molecule has 1 aliphatic heterocycles. The molecule has 8 heteroatoms. The number of hydrogen-bond donors (Lipinski definition) is 1. The molecule has 1 heterocycles. The molecule has 0 bridgehead atoms. The maximum absolute atomic E-state index is 12.7. The van der Waals surface area contributed by atoms with Crippen LogP contribution in [0.5, 0.6) is 0 Å². The number of carboxylic acids is 1. The summed E-state index contributed by atoms with van der Waals surface area (Å²) in [4.78, 5) is 25.4. The molecule has 1 unspecified atom stereocenters. The zero-order valence-corrected chi connectivity index (χ0v) is 17.3. The lowest BCUT2D eigenvalue weighted by Gasteiger charge is -2.35. The maximum atomic E-state index is 12.7. The SMILES string of the molecule is O=C(O)COC1(c2ccc(Br)cc2)COCCN(C(=O)OCc2ccccc2)C1. The molecule has 0 radical (unpaired) electrons. The second kappa shape index (κ2) is 9.87. The van der Waals surface area contributed by atoms with Crippen LogP contribution in [0.3, 0.4) is 0 Å². The minimum Gasteiger partial charge on any atom is -0.480 e. The van der Waals surface area contributed by atoms with Crippen molar-refractivity contribution in [3.63, 3.8) is 0 Å². The fraction of sp³-hybridized carbons (Fsp3) is 0.333. The van der Waals surface area contributed by atoms with E-state index in [2.05, 4.69) is 15.9 Å².